The Hall–Kier alpha value is -4.68. The zero-order valence-corrected chi connectivity index (χ0v) is 20.9. The van der Waals surface area contributed by atoms with Crippen LogP contribution < -0.4 is 5.32 Å². The summed E-state index contributed by atoms with van der Waals surface area (Å²) in [7, 11) is 1.37. The smallest absolute Gasteiger partial charge is 0.310 e. The first-order valence-electron chi connectivity index (χ1n) is 11.9. The van der Waals surface area contributed by atoms with Crippen molar-refractivity contribution in [3.05, 3.63) is 71.3 Å². The van der Waals surface area contributed by atoms with Gasteiger partial charge in [0.15, 0.2) is 17.2 Å². The van der Waals surface area contributed by atoms with E-state index >= 15 is 0 Å². The molecule has 0 spiro atoms. The Bertz CT molecular complexity index is 1790. The highest BCUT2D eigenvalue weighted by Crippen LogP contribution is 2.44. The van der Waals surface area contributed by atoms with Gasteiger partial charge in [0.05, 0.1) is 28.7 Å². The Kier molecular flexibility index (Phi) is 5.32. The Morgan fingerprint density at radius 2 is 1.79 bits per heavy atom. The summed E-state index contributed by atoms with van der Waals surface area (Å²) in [6, 6.07) is 10.6. The van der Waals surface area contributed by atoms with Crippen molar-refractivity contribution >= 4 is 22.8 Å². The average molecular weight is 536 g/mol. The Morgan fingerprint density at radius 3 is 2.51 bits per heavy atom. The molecule has 0 radical (unpaired) electrons. The van der Waals surface area contributed by atoms with Crippen LogP contribution in [-0.4, -0.2) is 40.4 Å². The molecule has 1 aliphatic rings. The molecule has 0 atom stereocenters. The van der Waals surface area contributed by atoms with E-state index in [1.807, 2.05) is 0 Å². The van der Waals surface area contributed by atoms with Crippen molar-refractivity contribution in [3.63, 3.8) is 0 Å². The van der Waals surface area contributed by atoms with Crippen LogP contribution in [0.4, 0.5) is 23.4 Å². The van der Waals surface area contributed by atoms with Gasteiger partial charge in [0.25, 0.3) is 0 Å². The molecule has 1 N–H and O–H groups in total. The highest BCUT2D eigenvalue weighted by molar-refractivity contribution is 6.07. The fourth-order valence-electron chi connectivity index (χ4n) is 4.71. The number of carbonyl (C=O) groups is 1. The van der Waals surface area contributed by atoms with Crippen LogP contribution in [0.2, 0.25) is 0 Å². The second kappa shape index (κ2) is 8.41. The first-order chi connectivity index (χ1) is 18.4. The van der Waals surface area contributed by atoms with Gasteiger partial charge in [-0.3, -0.25) is 9.48 Å². The Labute approximate surface area is 218 Å². The first kappa shape index (κ1) is 24.6. The molecular weight excluding hydrogens is 516 g/mol. The zero-order valence-electron chi connectivity index (χ0n) is 20.9. The summed E-state index contributed by atoms with van der Waals surface area (Å²) in [5.74, 6) is -0.557. The molecule has 0 aliphatic carbocycles. The summed E-state index contributed by atoms with van der Waals surface area (Å²) >= 11 is 0. The number of pyridine rings is 1. The third-order valence-electron chi connectivity index (χ3n) is 6.74. The zero-order chi connectivity index (χ0) is 27.7. The molecule has 0 saturated heterocycles. The Balaban J connectivity index is 1.58. The quantitative estimate of drug-likeness (QED) is 0.334. The number of alkyl halides is 3. The lowest BCUT2D eigenvalue weighted by atomic mass is 9.85. The number of nitrogens with zero attached hydrogens (tertiary/aromatic N) is 7. The highest BCUT2D eigenvalue weighted by Gasteiger charge is 2.44. The molecule has 0 fully saturated rings. The van der Waals surface area contributed by atoms with Gasteiger partial charge >= 0.3 is 6.18 Å². The topological polar surface area (TPSA) is 103 Å². The van der Waals surface area contributed by atoms with Crippen molar-refractivity contribution in [3.8, 4) is 22.9 Å². The SMILES string of the molecule is Cn1nc(C(F)(F)F)cc1-c1nc(-c2nn(Cc3ccccc3F)c3ncccc23)nc2c1C(C)(C)C(=O)N2. The van der Waals surface area contributed by atoms with Crippen molar-refractivity contribution in [2.45, 2.75) is 32.0 Å². The fourth-order valence-corrected chi connectivity index (χ4v) is 4.71. The van der Waals surface area contributed by atoms with Gasteiger partial charge in [-0.15, -0.1) is 0 Å². The minimum Gasteiger partial charge on any atom is -0.310 e. The maximum absolute atomic E-state index is 14.4. The number of aryl methyl sites for hydroxylation is 1. The van der Waals surface area contributed by atoms with E-state index < -0.39 is 23.1 Å². The molecule has 6 rings (SSSR count). The van der Waals surface area contributed by atoms with Gasteiger partial charge in [0, 0.05) is 24.4 Å². The largest absolute Gasteiger partial charge is 0.435 e. The number of hydrogen-bond donors (Lipinski definition) is 1. The van der Waals surface area contributed by atoms with Crippen LogP contribution in [0, 0.1) is 5.82 Å². The molecule has 13 heteroatoms. The van der Waals surface area contributed by atoms with E-state index in [2.05, 4.69) is 30.5 Å². The number of fused-ring (bicyclic) bond motifs is 2. The molecule has 0 saturated carbocycles. The number of hydrogen-bond acceptors (Lipinski definition) is 6. The fraction of sp³-hybridized carbons (Fsp3) is 0.231. The van der Waals surface area contributed by atoms with E-state index in [0.29, 0.717) is 22.2 Å². The van der Waals surface area contributed by atoms with Crippen LogP contribution in [-0.2, 0) is 30.0 Å². The number of anilines is 1. The molecule has 0 bridgehead atoms. The standard InChI is InChI=1S/C26H20F4N8O/c1-25(2)18-20(16-11-17(26(28,29)30)35-37(16)3)32-22(33-21(18)34-24(25)39)19-14-8-6-10-31-23(14)38(36-19)12-13-7-4-5-9-15(13)27/h4-11H,12H2,1-3H3,(H,32,33,34,39). The highest BCUT2D eigenvalue weighted by atomic mass is 19.4. The number of nitrogens with one attached hydrogen (secondary N) is 1. The number of aromatic nitrogens is 7. The lowest BCUT2D eigenvalue weighted by Crippen LogP contribution is -2.27. The van der Waals surface area contributed by atoms with Gasteiger partial charge in [-0.2, -0.15) is 23.4 Å². The van der Waals surface area contributed by atoms with E-state index in [-0.39, 0.29) is 41.2 Å². The molecule has 39 heavy (non-hydrogen) atoms. The van der Waals surface area contributed by atoms with E-state index in [9.17, 15) is 22.4 Å². The third kappa shape index (κ3) is 3.92. The molecule has 198 valence electrons. The summed E-state index contributed by atoms with van der Waals surface area (Å²) in [4.78, 5) is 26.4. The van der Waals surface area contributed by atoms with Gasteiger partial charge in [0.1, 0.15) is 17.3 Å². The molecule has 4 aromatic heterocycles. The first-order valence-corrected chi connectivity index (χ1v) is 11.9. The van der Waals surface area contributed by atoms with Crippen molar-refractivity contribution < 1.29 is 22.4 Å². The summed E-state index contributed by atoms with van der Waals surface area (Å²) in [5.41, 5.74) is -0.599. The lowest BCUT2D eigenvalue weighted by molar-refractivity contribution is -0.141. The predicted molar refractivity (Wildman–Crippen MR) is 133 cm³/mol. The van der Waals surface area contributed by atoms with Crippen LogP contribution in [0.1, 0.15) is 30.7 Å². The molecular formula is C26H20F4N8O. The molecule has 5 heterocycles. The maximum Gasteiger partial charge on any atom is 0.435 e. The van der Waals surface area contributed by atoms with Crippen molar-refractivity contribution in [1.82, 2.24) is 34.5 Å². The minimum absolute atomic E-state index is 0.0556. The molecule has 0 unspecified atom stereocenters. The second-order valence-corrected chi connectivity index (χ2v) is 9.71. The Morgan fingerprint density at radius 1 is 1.03 bits per heavy atom. The monoisotopic (exact) mass is 536 g/mol. The van der Waals surface area contributed by atoms with Gasteiger partial charge in [-0.1, -0.05) is 18.2 Å². The van der Waals surface area contributed by atoms with Crippen molar-refractivity contribution in [2.75, 3.05) is 5.32 Å². The summed E-state index contributed by atoms with van der Waals surface area (Å²) in [6.07, 6.45) is -3.11. The molecule has 9 nitrogen and oxygen atoms in total. The number of rotatable bonds is 4. The maximum atomic E-state index is 14.4. The van der Waals surface area contributed by atoms with Crippen molar-refractivity contribution in [1.29, 1.82) is 0 Å². The van der Waals surface area contributed by atoms with E-state index in [4.69, 9.17) is 0 Å². The summed E-state index contributed by atoms with van der Waals surface area (Å²) in [6.45, 7) is 3.35. The van der Waals surface area contributed by atoms with Gasteiger partial charge in [-0.25, -0.2) is 24.0 Å². The number of benzene rings is 1. The van der Waals surface area contributed by atoms with E-state index in [1.54, 1.807) is 50.4 Å². The van der Waals surface area contributed by atoms with E-state index in [1.165, 1.54) is 17.8 Å². The molecule has 1 aromatic carbocycles. The summed E-state index contributed by atoms with van der Waals surface area (Å²) in [5, 5.41) is 11.5. The third-order valence-corrected chi connectivity index (χ3v) is 6.74. The van der Waals surface area contributed by atoms with Gasteiger partial charge < -0.3 is 5.32 Å². The van der Waals surface area contributed by atoms with E-state index in [0.717, 1.165) is 10.7 Å². The molecule has 1 amide bonds. The van der Waals surface area contributed by atoms with Crippen LogP contribution in [0.25, 0.3) is 33.9 Å². The number of halogens is 4. The number of amides is 1. The minimum atomic E-state index is -4.67. The molecule has 5 aromatic rings. The molecule has 1 aliphatic heterocycles. The van der Waals surface area contributed by atoms with Crippen LogP contribution >= 0.6 is 0 Å². The van der Waals surface area contributed by atoms with Gasteiger partial charge in [-0.05, 0) is 38.1 Å². The second-order valence-electron chi connectivity index (χ2n) is 9.71. The number of carbonyl (C=O) groups excluding carboxylic acids is 1. The van der Waals surface area contributed by atoms with Crippen molar-refractivity contribution in [2.24, 2.45) is 7.05 Å². The van der Waals surface area contributed by atoms with Crippen LogP contribution in [0.15, 0.2) is 48.7 Å². The van der Waals surface area contributed by atoms with Gasteiger partial charge in [0.2, 0.25) is 5.91 Å². The normalized spacial score (nSPS) is 14.6. The van der Waals surface area contributed by atoms with Crippen LogP contribution in [0.3, 0.4) is 0 Å². The lowest BCUT2D eigenvalue weighted by Gasteiger charge is -2.18. The van der Waals surface area contributed by atoms with Crippen LogP contribution in [0.5, 0.6) is 0 Å². The summed E-state index contributed by atoms with van der Waals surface area (Å²) < 4.78 is 57.5. The predicted octanol–water partition coefficient (Wildman–Crippen LogP) is 4.72. The average Bonchev–Trinajstić information content (AvgIpc) is 3.52.